The highest BCUT2D eigenvalue weighted by Gasteiger charge is 2.55. The number of aliphatic hydroxyl groups excluding tert-OH is 2. The van der Waals surface area contributed by atoms with Crippen molar-refractivity contribution in [2.45, 2.75) is 64.4 Å². The van der Waals surface area contributed by atoms with Crippen LogP contribution in [0.2, 0.25) is 0 Å². The summed E-state index contributed by atoms with van der Waals surface area (Å²) in [7, 11) is 0. The van der Waals surface area contributed by atoms with E-state index in [1.165, 1.54) is 6.07 Å². The van der Waals surface area contributed by atoms with Gasteiger partial charge >= 0.3 is 12.4 Å². The van der Waals surface area contributed by atoms with Gasteiger partial charge in [0.25, 0.3) is 0 Å². The van der Waals surface area contributed by atoms with Gasteiger partial charge in [-0.15, -0.1) is 0 Å². The summed E-state index contributed by atoms with van der Waals surface area (Å²) in [6.45, 7) is 3.02. The van der Waals surface area contributed by atoms with E-state index in [0.717, 1.165) is 11.1 Å². The molecule has 44 heavy (non-hydrogen) atoms. The number of hydrogen-bond donors (Lipinski definition) is 3. The van der Waals surface area contributed by atoms with E-state index < -0.39 is 71.4 Å². The number of aliphatic hydroxyl groups is 2. The van der Waals surface area contributed by atoms with Gasteiger partial charge in [-0.25, -0.2) is 4.90 Å². The van der Waals surface area contributed by atoms with E-state index in [4.69, 9.17) is 0 Å². The molecule has 1 heterocycles. The molecule has 1 aliphatic carbocycles. The minimum Gasteiger partial charge on any atom is -0.508 e. The Balaban J connectivity index is 1.67. The summed E-state index contributed by atoms with van der Waals surface area (Å²) >= 11 is 0. The normalized spacial score (nSPS) is 22.1. The number of allylic oxidation sites excluding steroid dienone is 2. The Morgan fingerprint density at radius 1 is 1.02 bits per heavy atom. The molecular formula is C32H33F6NO5. The molecule has 3 N–H and O–H groups in total. The van der Waals surface area contributed by atoms with E-state index >= 15 is 0 Å². The quantitative estimate of drug-likeness (QED) is 0.160. The third-order valence-electron chi connectivity index (χ3n) is 8.22. The Bertz CT molecular complexity index is 1450. The van der Waals surface area contributed by atoms with Crippen LogP contribution in [0, 0.1) is 17.8 Å². The van der Waals surface area contributed by atoms with E-state index in [9.17, 15) is 51.3 Å². The molecule has 0 bridgehead atoms. The third kappa shape index (κ3) is 6.86. The molecule has 2 aliphatic rings. The predicted molar refractivity (Wildman–Crippen MR) is 150 cm³/mol. The number of phenols is 1. The zero-order valence-electron chi connectivity index (χ0n) is 24.0. The van der Waals surface area contributed by atoms with Crippen LogP contribution in [-0.2, 0) is 21.9 Å². The number of alkyl halides is 6. The molecule has 0 radical (unpaired) electrons. The molecule has 0 aromatic heterocycles. The summed E-state index contributed by atoms with van der Waals surface area (Å²) in [6, 6.07) is 7.18. The van der Waals surface area contributed by atoms with Gasteiger partial charge in [0.1, 0.15) is 5.75 Å². The van der Waals surface area contributed by atoms with Gasteiger partial charge in [-0.05, 0) is 74.1 Å². The van der Waals surface area contributed by atoms with E-state index in [0.29, 0.717) is 47.4 Å². The first-order valence-corrected chi connectivity index (χ1v) is 14.2. The molecule has 0 saturated carbocycles. The molecule has 12 heteroatoms. The lowest BCUT2D eigenvalue weighted by Crippen LogP contribution is -2.39. The van der Waals surface area contributed by atoms with Crippen LogP contribution >= 0.6 is 0 Å². The van der Waals surface area contributed by atoms with Gasteiger partial charge < -0.3 is 15.3 Å². The van der Waals surface area contributed by atoms with Crippen LogP contribution in [0.25, 0.3) is 6.08 Å². The smallest absolute Gasteiger partial charge is 0.416 e. The molecule has 6 nitrogen and oxygen atoms in total. The Labute approximate surface area is 250 Å². The second-order valence-corrected chi connectivity index (χ2v) is 11.4. The van der Waals surface area contributed by atoms with Gasteiger partial charge in [-0.2, -0.15) is 26.3 Å². The lowest BCUT2D eigenvalue weighted by atomic mass is 9.67. The fraction of sp³-hybridized carbons (Fsp3) is 0.438. The summed E-state index contributed by atoms with van der Waals surface area (Å²) in [5, 5.41) is 31.5. The molecule has 1 fully saturated rings. The fourth-order valence-corrected chi connectivity index (χ4v) is 6.31. The molecule has 238 valence electrons. The predicted octanol–water partition coefficient (Wildman–Crippen LogP) is 6.89. The number of phenolic OH excluding ortho intramolecular Hbond substituents is 1. The highest BCUT2D eigenvalue weighted by molar-refractivity contribution is 6.22. The highest BCUT2D eigenvalue weighted by atomic mass is 19.4. The van der Waals surface area contributed by atoms with Crippen LogP contribution in [-0.4, -0.2) is 39.8 Å². The highest BCUT2D eigenvalue weighted by Crippen LogP contribution is 2.49. The average Bonchev–Trinajstić information content (AvgIpc) is 3.19. The monoisotopic (exact) mass is 625 g/mol. The van der Waals surface area contributed by atoms with Crippen LogP contribution in [0.15, 0.2) is 59.2 Å². The van der Waals surface area contributed by atoms with Gasteiger partial charge in [0.2, 0.25) is 11.8 Å². The third-order valence-corrected chi connectivity index (χ3v) is 8.22. The minimum absolute atomic E-state index is 0.0221. The van der Waals surface area contributed by atoms with Crippen molar-refractivity contribution in [1.82, 2.24) is 0 Å². The molecule has 0 unspecified atom stereocenters. The van der Waals surface area contributed by atoms with Crippen molar-refractivity contribution < 1.29 is 51.3 Å². The number of rotatable bonds is 9. The van der Waals surface area contributed by atoms with Crippen LogP contribution in [0.5, 0.6) is 5.75 Å². The van der Waals surface area contributed by atoms with Crippen LogP contribution in [0.1, 0.15) is 62.6 Å². The van der Waals surface area contributed by atoms with Crippen molar-refractivity contribution >= 4 is 23.6 Å². The van der Waals surface area contributed by atoms with Crippen molar-refractivity contribution in [3.05, 3.63) is 75.9 Å². The van der Waals surface area contributed by atoms with Crippen molar-refractivity contribution in [2.75, 3.05) is 11.5 Å². The SMILES string of the molecule is CCCC1=C([C@H](O)CC/C(C)=C/c2cccc(O)c2)[C@H](CO)[C@@H]2C(=O)N(c3cc(C(F)(F)F)cc(C(F)(F)F)c3)C(=O)[C@@H]2C1. The number of nitrogens with zero attached hydrogens (tertiary/aromatic N) is 1. The molecule has 1 saturated heterocycles. The van der Waals surface area contributed by atoms with Gasteiger partial charge in [-0.3, -0.25) is 9.59 Å². The second-order valence-electron chi connectivity index (χ2n) is 11.4. The Morgan fingerprint density at radius 3 is 2.20 bits per heavy atom. The number of amides is 2. The molecule has 1 aliphatic heterocycles. The second kappa shape index (κ2) is 12.8. The summed E-state index contributed by atoms with van der Waals surface area (Å²) in [5.41, 5.74) is -1.54. The number of aromatic hydroxyl groups is 1. The first-order chi connectivity index (χ1) is 20.6. The molecule has 4 rings (SSSR count). The minimum atomic E-state index is -5.18. The lowest BCUT2D eigenvalue weighted by Gasteiger charge is -2.36. The number of anilines is 1. The number of hydrogen-bond acceptors (Lipinski definition) is 5. The van der Waals surface area contributed by atoms with E-state index in [1.54, 1.807) is 18.2 Å². The Kier molecular flexibility index (Phi) is 9.65. The maximum absolute atomic E-state index is 13.7. The summed E-state index contributed by atoms with van der Waals surface area (Å²) in [6.07, 6.45) is -8.10. The van der Waals surface area contributed by atoms with Crippen molar-refractivity contribution in [1.29, 1.82) is 0 Å². The van der Waals surface area contributed by atoms with Gasteiger partial charge in [0.15, 0.2) is 0 Å². The first-order valence-electron chi connectivity index (χ1n) is 14.2. The zero-order chi connectivity index (χ0) is 32.6. The largest absolute Gasteiger partial charge is 0.508 e. The molecule has 2 aromatic rings. The van der Waals surface area contributed by atoms with E-state index in [-0.39, 0.29) is 24.7 Å². The van der Waals surface area contributed by atoms with Crippen molar-refractivity contribution in [3.63, 3.8) is 0 Å². The summed E-state index contributed by atoms with van der Waals surface area (Å²) in [5.74, 6) is -5.33. The van der Waals surface area contributed by atoms with Crippen molar-refractivity contribution in [3.8, 4) is 5.75 Å². The van der Waals surface area contributed by atoms with Gasteiger partial charge in [-0.1, -0.05) is 42.7 Å². The van der Waals surface area contributed by atoms with Gasteiger partial charge in [0.05, 0.1) is 41.4 Å². The van der Waals surface area contributed by atoms with Crippen molar-refractivity contribution in [2.24, 2.45) is 17.8 Å². The van der Waals surface area contributed by atoms with E-state index in [1.807, 2.05) is 19.9 Å². The maximum Gasteiger partial charge on any atom is 0.416 e. The first kappa shape index (κ1) is 33.3. The summed E-state index contributed by atoms with van der Waals surface area (Å²) < 4.78 is 81.2. The fourth-order valence-electron chi connectivity index (χ4n) is 6.31. The Hall–Kier alpha value is -3.64. The number of carbonyl (C=O) groups is 2. The molecule has 0 spiro atoms. The number of carbonyl (C=O) groups excluding carboxylic acids is 2. The van der Waals surface area contributed by atoms with Crippen LogP contribution < -0.4 is 4.90 Å². The number of imide groups is 1. The topological polar surface area (TPSA) is 98.1 Å². The van der Waals surface area contributed by atoms with Gasteiger partial charge in [0, 0.05) is 5.92 Å². The number of benzene rings is 2. The van der Waals surface area contributed by atoms with E-state index in [2.05, 4.69) is 0 Å². The lowest BCUT2D eigenvalue weighted by molar-refractivity contribution is -0.143. The number of halogens is 6. The standard InChI is InChI=1S/C32H33F6NO5/c1-3-5-19-12-24-28(25(16-40)27(19)26(42)9-8-17(2)10-18-6-4-7-23(41)11-18)30(44)39(29(24)43)22-14-20(31(33,34)35)13-21(15-22)32(36,37)38/h4,6-7,10-11,13-15,24-26,28,40-42H,3,5,8-9,12,16H2,1-2H3/b17-10+/t24-,25+,26-,28-/m1/s1. The molecule has 2 amide bonds. The average molecular weight is 626 g/mol. The summed E-state index contributed by atoms with van der Waals surface area (Å²) in [4.78, 5) is 27.6. The molecule has 2 aromatic carbocycles. The maximum atomic E-state index is 13.7. The molecular weight excluding hydrogens is 592 g/mol. The molecule has 4 atom stereocenters. The van der Waals surface area contributed by atoms with Crippen LogP contribution in [0.3, 0.4) is 0 Å². The number of fused-ring (bicyclic) bond motifs is 1. The Morgan fingerprint density at radius 2 is 1.66 bits per heavy atom. The van der Waals surface area contributed by atoms with Crippen LogP contribution in [0.4, 0.5) is 32.0 Å². The zero-order valence-corrected chi connectivity index (χ0v) is 24.0.